The van der Waals surface area contributed by atoms with Crippen LogP contribution in [0.4, 0.5) is 0 Å². The minimum atomic E-state index is -3.69. The molecular formula is C14H18N2O5S. The first-order valence-corrected chi connectivity index (χ1v) is 8.00. The predicted octanol–water partition coefficient (Wildman–Crippen LogP) is 1.79. The van der Waals surface area contributed by atoms with Gasteiger partial charge in [0.25, 0.3) is 0 Å². The van der Waals surface area contributed by atoms with Gasteiger partial charge in [-0.1, -0.05) is 11.2 Å². The number of aromatic nitrogens is 1. The second-order valence-electron chi connectivity index (χ2n) is 4.67. The molecule has 0 saturated carbocycles. The predicted molar refractivity (Wildman–Crippen MR) is 79.5 cm³/mol. The Morgan fingerprint density at radius 3 is 2.41 bits per heavy atom. The third kappa shape index (κ3) is 3.23. The number of rotatable bonds is 6. The van der Waals surface area contributed by atoms with Gasteiger partial charge in [0.15, 0.2) is 17.3 Å². The Hall–Kier alpha value is -2.06. The summed E-state index contributed by atoms with van der Waals surface area (Å²) >= 11 is 0. The minimum absolute atomic E-state index is 0.0768. The molecule has 0 bridgehead atoms. The van der Waals surface area contributed by atoms with Crippen LogP contribution in [0.15, 0.2) is 27.6 Å². The van der Waals surface area contributed by atoms with Gasteiger partial charge in [-0.05, 0) is 31.5 Å². The van der Waals surface area contributed by atoms with Crippen LogP contribution in [-0.4, -0.2) is 27.8 Å². The summed E-state index contributed by atoms with van der Waals surface area (Å²) in [6.07, 6.45) is 0. The number of sulfonamides is 1. The maximum absolute atomic E-state index is 12.3. The summed E-state index contributed by atoms with van der Waals surface area (Å²) in [4.78, 5) is 0.0768. The Morgan fingerprint density at radius 1 is 1.18 bits per heavy atom. The highest BCUT2D eigenvalue weighted by Gasteiger charge is 2.23. The third-order valence-corrected chi connectivity index (χ3v) is 4.80. The lowest BCUT2D eigenvalue weighted by Gasteiger charge is -2.10. The molecule has 0 aliphatic heterocycles. The van der Waals surface area contributed by atoms with Crippen LogP contribution in [0.3, 0.4) is 0 Å². The first-order valence-electron chi connectivity index (χ1n) is 6.52. The molecule has 1 N–H and O–H groups in total. The first-order chi connectivity index (χ1) is 10.4. The zero-order valence-corrected chi connectivity index (χ0v) is 13.7. The summed E-state index contributed by atoms with van der Waals surface area (Å²) in [5.41, 5.74) is 1.07. The highest BCUT2D eigenvalue weighted by Crippen LogP contribution is 2.27. The Kier molecular flexibility index (Phi) is 4.72. The van der Waals surface area contributed by atoms with Gasteiger partial charge in [-0.15, -0.1) is 0 Å². The third-order valence-electron chi connectivity index (χ3n) is 3.15. The molecule has 120 valence electrons. The number of hydrogen-bond donors (Lipinski definition) is 1. The molecule has 8 heteroatoms. The van der Waals surface area contributed by atoms with Gasteiger partial charge in [0, 0.05) is 6.54 Å². The van der Waals surface area contributed by atoms with E-state index in [0.717, 1.165) is 5.56 Å². The van der Waals surface area contributed by atoms with Crippen LogP contribution < -0.4 is 14.2 Å². The van der Waals surface area contributed by atoms with Gasteiger partial charge in [-0.25, -0.2) is 13.1 Å². The Labute approximate surface area is 129 Å². The highest BCUT2D eigenvalue weighted by atomic mass is 32.2. The van der Waals surface area contributed by atoms with Gasteiger partial charge in [0.2, 0.25) is 10.0 Å². The Morgan fingerprint density at radius 2 is 1.86 bits per heavy atom. The average molecular weight is 326 g/mol. The molecular weight excluding hydrogens is 308 g/mol. The summed E-state index contributed by atoms with van der Waals surface area (Å²) in [5.74, 6) is 1.38. The standard InChI is InChI=1S/C14H18N2O5S/c1-9-14(10(2)21-16-9)22(17,18)15-8-11-5-6-12(19-3)13(7-11)20-4/h5-7,15H,8H2,1-4H3. The first kappa shape index (κ1) is 16.3. The number of aryl methyl sites for hydroxylation is 2. The molecule has 2 aromatic rings. The molecule has 0 fully saturated rings. The number of nitrogens with zero attached hydrogens (tertiary/aromatic N) is 1. The molecule has 0 unspecified atom stereocenters. The van der Waals surface area contributed by atoms with Crippen molar-refractivity contribution in [2.24, 2.45) is 0 Å². The van der Waals surface area contributed by atoms with Crippen LogP contribution in [0.5, 0.6) is 11.5 Å². The van der Waals surface area contributed by atoms with Gasteiger partial charge in [-0.2, -0.15) is 0 Å². The van der Waals surface area contributed by atoms with Crippen molar-refractivity contribution in [3.8, 4) is 11.5 Å². The molecule has 22 heavy (non-hydrogen) atoms. The van der Waals surface area contributed by atoms with E-state index in [1.807, 2.05) is 0 Å². The molecule has 1 aromatic heterocycles. The SMILES string of the molecule is COc1ccc(CNS(=O)(=O)c2c(C)noc2C)cc1OC. The summed E-state index contributed by atoms with van der Waals surface area (Å²) < 4.78 is 42.4. The maximum atomic E-state index is 12.3. The van der Waals surface area contributed by atoms with Gasteiger partial charge in [-0.3, -0.25) is 0 Å². The lowest BCUT2D eigenvalue weighted by atomic mass is 10.2. The van der Waals surface area contributed by atoms with E-state index in [1.54, 1.807) is 32.0 Å². The number of methoxy groups -OCH3 is 2. The van der Waals surface area contributed by atoms with Crippen LogP contribution in [0.1, 0.15) is 17.0 Å². The second kappa shape index (κ2) is 6.37. The Bertz CT molecular complexity index is 748. The molecule has 0 saturated heterocycles. The molecule has 1 heterocycles. The summed E-state index contributed by atoms with van der Waals surface area (Å²) in [5, 5.41) is 3.66. The highest BCUT2D eigenvalue weighted by molar-refractivity contribution is 7.89. The van der Waals surface area contributed by atoms with Crippen LogP contribution in [0, 0.1) is 13.8 Å². The zero-order valence-electron chi connectivity index (χ0n) is 12.8. The molecule has 0 atom stereocenters. The summed E-state index contributed by atoms with van der Waals surface area (Å²) in [7, 11) is -0.627. The van der Waals surface area contributed by atoms with E-state index in [2.05, 4.69) is 9.88 Å². The molecule has 0 spiro atoms. The van der Waals surface area contributed by atoms with E-state index < -0.39 is 10.0 Å². The molecule has 0 radical (unpaired) electrons. The topological polar surface area (TPSA) is 90.7 Å². The van der Waals surface area contributed by atoms with E-state index in [-0.39, 0.29) is 17.2 Å². The smallest absolute Gasteiger partial charge is 0.246 e. The number of ether oxygens (including phenoxy) is 2. The van der Waals surface area contributed by atoms with E-state index in [0.29, 0.717) is 17.2 Å². The van der Waals surface area contributed by atoms with Crippen molar-refractivity contribution in [2.75, 3.05) is 14.2 Å². The van der Waals surface area contributed by atoms with Crippen molar-refractivity contribution in [3.05, 3.63) is 35.2 Å². The van der Waals surface area contributed by atoms with Crippen molar-refractivity contribution < 1.29 is 22.4 Å². The number of nitrogens with one attached hydrogen (secondary N) is 1. The van der Waals surface area contributed by atoms with Gasteiger partial charge >= 0.3 is 0 Å². The fourth-order valence-electron chi connectivity index (χ4n) is 2.10. The van der Waals surface area contributed by atoms with E-state index >= 15 is 0 Å². The van der Waals surface area contributed by atoms with Crippen molar-refractivity contribution in [3.63, 3.8) is 0 Å². The van der Waals surface area contributed by atoms with Crippen LogP contribution >= 0.6 is 0 Å². The summed E-state index contributed by atoms with van der Waals surface area (Å²) in [6.45, 7) is 3.26. The van der Waals surface area contributed by atoms with E-state index in [4.69, 9.17) is 14.0 Å². The second-order valence-corrected chi connectivity index (χ2v) is 6.37. The molecule has 0 aliphatic rings. The largest absolute Gasteiger partial charge is 0.493 e. The normalized spacial score (nSPS) is 11.5. The zero-order chi connectivity index (χ0) is 16.3. The summed E-state index contributed by atoms with van der Waals surface area (Å²) in [6, 6.07) is 5.20. The maximum Gasteiger partial charge on any atom is 0.246 e. The van der Waals surface area contributed by atoms with Crippen LogP contribution in [0.25, 0.3) is 0 Å². The molecule has 0 aliphatic carbocycles. The fraction of sp³-hybridized carbons (Fsp3) is 0.357. The van der Waals surface area contributed by atoms with Crippen molar-refractivity contribution in [2.45, 2.75) is 25.3 Å². The van der Waals surface area contributed by atoms with Crippen molar-refractivity contribution in [1.82, 2.24) is 9.88 Å². The van der Waals surface area contributed by atoms with Crippen LogP contribution in [0.2, 0.25) is 0 Å². The van der Waals surface area contributed by atoms with E-state index in [1.165, 1.54) is 14.2 Å². The molecule has 2 rings (SSSR count). The van der Waals surface area contributed by atoms with Gasteiger partial charge in [0.1, 0.15) is 10.6 Å². The van der Waals surface area contributed by atoms with Crippen molar-refractivity contribution in [1.29, 1.82) is 0 Å². The quantitative estimate of drug-likeness (QED) is 0.870. The minimum Gasteiger partial charge on any atom is -0.493 e. The van der Waals surface area contributed by atoms with Gasteiger partial charge < -0.3 is 14.0 Å². The number of benzene rings is 1. The Balaban J connectivity index is 2.19. The van der Waals surface area contributed by atoms with E-state index in [9.17, 15) is 8.42 Å². The lowest BCUT2D eigenvalue weighted by Crippen LogP contribution is -2.24. The molecule has 1 aromatic carbocycles. The molecule has 7 nitrogen and oxygen atoms in total. The van der Waals surface area contributed by atoms with Crippen molar-refractivity contribution >= 4 is 10.0 Å². The lowest BCUT2D eigenvalue weighted by molar-refractivity contribution is 0.354. The average Bonchev–Trinajstić information content (AvgIpc) is 2.84. The van der Waals surface area contributed by atoms with Gasteiger partial charge in [0.05, 0.1) is 14.2 Å². The molecule has 0 amide bonds. The van der Waals surface area contributed by atoms with Crippen LogP contribution in [-0.2, 0) is 16.6 Å². The number of hydrogen-bond acceptors (Lipinski definition) is 6. The fourth-order valence-corrected chi connectivity index (χ4v) is 3.44. The monoisotopic (exact) mass is 326 g/mol.